The molecule has 4 N–H and O–H groups in total. The number of pyridine rings is 1. The quantitative estimate of drug-likeness (QED) is 0.112. The molecule has 7 atom stereocenters. The van der Waals surface area contributed by atoms with E-state index in [0.29, 0.717) is 13.1 Å². The standard InChI is InChI=1S/C51H62N10O6/c1-29(2)44(57-50(64)66-5)48(62)59-25-9-12-42(59)46-53-36-20-16-32(27-38(36)55-46)40-22-23-41(61(40)34-18-14-31(15-19-34)35-11-7-8-24-52-35)33-17-21-37-39(28-33)56-47(54-37)43-13-10-26-60(43)49(63)45(30(3)4)58-51(65)67-6/h7-8,11,14-20,24,27-30,37,40-45H,9-10,12-13,21-23,25-26H2,1-6H3,(H,53,55)(H,54,56)(H,57,64)(H,58,65)/t37?,40-,41-,42+,43+,44+,45+/m1/s1. The maximum atomic E-state index is 13.9. The van der Waals surface area contributed by atoms with Crippen molar-refractivity contribution in [3.05, 3.63) is 102 Å². The third kappa shape index (κ3) is 9.09. The van der Waals surface area contributed by atoms with Gasteiger partial charge in [0.2, 0.25) is 11.8 Å². The van der Waals surface area contributed by atoms with Gasteiger partial charge in [0, 0.05) is 36.2 Å². The maximum Gasteiger partial charge on any atom is 0.407 e. The summed E-state index contributed by atoms with van der Waals surface area (Å²) in [6.45, 7) is 8.86. The molecule has 16 heteroatoms. The van der Waals surface area contributed by atoms with E-state index in [-0.39, 0.29) is 53.9 Å². The molecule has 0 radical (unpaired) electrons. The zero-order valence-corrected chi connectivity index (χ0v) is 39.2. The van der Waals surface area contributed by atoms with Crippen molar-refractivity contribution in [2.24, 2.45) is 16.8 Å². The number of H-pyrrole nitrogens is 1. The van der Waals surface area contributed by atoms with Crippen LogP contribution in [0.1, 0.15) is 96.1 Å². The van der Waals surface area contributed by atoms with Crippen LogP contribution in [0.2, 0.25) is 0 Å². The number of alkyl carbamates (subject to hydrolysis) is 2. The SMILES string of the molecule is COC(=O)N[C@H](C(=O)N1CCC[C@H]1C1=NC2CC=C([C@H]3CC[C@H](c4ccc5nc([C@@H]6CCCN6C(=O)[C@@H](NC(=O)OC)C(C)C)[nH]c5c4)N3c3ccc(-c4ccccn4)cc3)C=C2N1)C(C)C. The Labute approximate surface area is 391 Å². The van der Waals surface area contributed by atoms with Crippen molar-refractivity contribution in [2.75, 3.05) is 32.2 Å². The van der Waals surface area contributed by atoms with Crippen LogP contribution >= 0.6 is 0 Å². The molecule has 1 aliphatic carbocycles. The van der Waals surface area contributed by atoms with Crippen molar-refractivity contribution in [2.45, 2.75) is 115 Å². The van der Waals surface area contributed by atoms with Crippen molar-refractivity contribution < 1.29 is 28.7 Å². The zero-order chi connectivity index (χ0) is 46.9. The molecule has 4 aliphatic heterocycles. The van der Waals surface area contributed by atoms with Gasteiger partial charge in [-0.2, -0.15) is 0 Å². The van der Waals surface area contributed by atoms with Gasteiger partial charge in [-0.15, -0.1) is 0 Å². The van der Waals surface area contributed by atoms with Crippen LogP contribution < -0.4 is 20.9 Å². The molecular weight excluding hydrogens is 849 g/mol. The van der Waals surface area contributed by atoms with Crippen molar-refractivity contribution in [1.29, 1.82) is 0 Å². The Morgan fingerprint density at radius 1 is 0.761 bits per heavy atom. The number of amidine groups is 1. The van der Waals surface area contributed by atoms with Gasteiger partial charge in [-0.25, -0.2) is 14.6 Å². The van der Waals surface area contributed by atoms with Crippen LogP contribution in [0.5, 0.6) is 0 Å². The van der Waals surface area contributed by atoms with E-state index in [0.717, 1.165) is 90.3 Å². The van der Waals surface area contributed by atoms with Crippen LogP contribution in [0, 0.1) is 11.8 Å². The summed E-state index contributed by atoms with van der Waals surface area (Å²) in [5.74, 6) is 1.04. The number of fused-ring (bicyclic) bond motifs is 2. The van der Waals surface area contributed by atoms with Gasteiger partial charge in [-0.1, -0.05) is 58.0 Å². The van der Waals surface area contributed by atoms with Gasteiger partial charge in [-0.3, -0.25) is 19.6 Å². The first kappa shape index (κ1) is 45.4. The van der Waals surface area contributed by atoms with E-state index in [4.69, 9.17) is 19.5 Å². The molecule has 2 aromatic heterocycles. The molecule has 1 unspecified atom stereocenters. The Balaban J connectivity index is 0.977. The average molecular weight is 911 g/mol. The number of aromatic nitrogens is 3. The first-order chi connectivity index (χ1) is 32.4. The Hall–Kier alpha value is -6.71. The number of methoxy groups -OCH3 is 2. The molecule has 0 bridgehead atoms. The number of anilines is 1. The van der Waals surface area contributed by atoms with E-state index >= 15 is 0 Å². The van der Waals surface area contributed by atoms with E-state index in [1.54, 1.807) is 0 Å². The number of ether oxygens (including phenoxy) is 2. The van der Waals surface area contributed by atoms with E-state index in [1.165, 1.54) is 25.4 Å². The predicted octanol–water partition coefficient (Wildman–Crippen LogP) is 7.34. The number of hydrogen-bond donors (Lipinski definition) is 4. The summed E-state index contributed by atoms with van der Waals surface area (Å²) in [6.07, 6.45) is 11.0. The molecule has 16 nitrogen and oxygen atoms in total. The number of nitrogens with one attached hydrogen (secondary N) is 4. The number of amides is 4. The van der Waals surface area contributed by atoms with E-state index in [9.17, 15) is 19.2 Å². The van der Waals surface area contributed by atoms with Gasteiger partial charge in [0.25, 0.3) is 0 Å². The number of likely N-dealkylation sites (tertiary alicyclic amines) is 2. The Kier molecular flexibility index (Phi) is 13.1. The lowest BCUT2D eigenvalue weighted by Crippen LogP contribution is -2.54. The van der Waals surface area contributed by atoms with Gasteiger partial charge in [-0.05, 0) is 110 Å². The van der Waals surface area contributed by atoms with Crippen molar-refractivity contribution in [3.63, 3.8) is 0 Å². The lowest BCUT2D eigenvalue weighted by atomic mass is 9.94. The number of imidazole rings is 1. The summed E-state index contributed by atoms with van der Waals surface area (Å²) in [5.41, 5.74) is 8.26. The van der Waals surface area contributed by atoms with E-state index in [1.807, 2.05) is 61.9 Å². The third-order valence-corrected chi connectivity index (χ3v) is 14.1. The summed E-state index contributed by atoms with van der Waals surface area (Å²) in [6, 6.07) is 19.3. The summed E-state index contributed by atoms with van der Waals surface area (Å²) in [7, 11) is 2.61. The van der Waals surface area contributed by atoms with Crippen LogP contribution in [-0.2, 0) is 19.1 Å². The highest BCUT2D eigenvalue weighted by atomic mass is 16.5. The average Bonchev–Trinajstić information content (AvgIpc) is 4.20. The fourth-order valence-corrected chi connectivity index (χ4v) is 10.7. The molecule has 0 saturated carbocycles. The van der Waals surface area contributed by atoms with E-state index in [2.05, 4.69) is 85.4 Å². The van der Waals surface area contributed by atoms with Gasteiger partial charge in [0.05, 0.1) is 61.2 Å². The topological polar surface area (TPSA) is 186 Å². The summed E-state index contributed by atoms with van der Waals surface area (Å²) in [4.78, 5) is 76.9. The van der Waals surface area contributed by atoms with Gasteiger partial charge in [0.15, 0.2) is 0 Å². The summed E-state index contributed by atoms with van der Waals surface area (Å²) >= 11 is 0. The normalized spacial score (nSPS) is 23.4. The fourth-order valence-electron chi connectivity index (χ4n) is 10.7. The largest absolute Gasteiger partial charge is 0.453 e. The molecule has 352 valence electrons. The number of benzene rings is 2. The summed E-state index contributed by atoms with van der Waals surface area (Å²) < 4.78 is 9.68. The molecule has 2 aromatic carbocycles. The van der Waals surface area contributed by atoms with Crippen LogP contribution in [-0.4, -0.2) is 112 Å². The first-order valence-corrected chi connectivity index (χ1v) is 23.8. The van der Waals surface area contributed by atoms with Crippen LogP contribution in [0.3, 0.4) is 0 Å². The third-order valence-electron chi connectivity index (χ3n) is 14.1. The molecule has 0 spiro atoms. The minimum atomic E-state index is -0.711. The number of carbonyl (C=O) groups is 4. The van der Waals surface area contributed by atoms with Crippen LogP contribution in [0.15, 0.2) is 95.3 Å². The molecular formula is C51H62N10O6. The molecule has 9 rings (SSSR count). The van der Waals surface area contributed by atoms with Gasteiger partial charge < -0.3 is 45.1 Å². The number of carbonyl (C=O) groups excluding carboxylic acids is 4. The molecule has 3 saturated heterocycles. The monoisotopic (exact) mass is 910 g/mol. The molecule has 67 heavy (non-hydrogen) atoms. The highest BCUT2D eigenvalue weighted by molar-refractivity contribution is 5.97. The van der Waals surface area contributed by atoms with Crippen molar-refractivity contribution >= 4 is 46.6 Å². The molecule has 5 aliphatic rings. The second-order valence-corrected chi connectivity index (χ2v) is 19.0. The van der Waals surface area contributed by atoms with Gasteiger partial charge >= 0.3 is 12.2 Å². The maximum absolute atomic E-state index is 13.9. The lowest BCUT2D eigenvalue weighted by Gasteiger charge is -2.35. The van der Waals surface area contributed by atoms with Crippen molar-refractivity contribution in [1.82, 2.24) is 40.7 Å². The fraction of sp³-hybridized carbons (Fsp3) is 0.471. The Morgan fingerprint density at radius 3 is 2.06 bits per heavy atom. The number of nitrogens with zero attached hydrogens (tertiary/aromatic N) is 6. The molecule has 4 amide bonds. The smallest absolute Gasteiger partial charge is 0.407 e. The minimum absolute atomic E-state index is 0.0496. The van der Waals surface area contributed by atoms with Crippen LogP contribution in [0.25, 0.3) is 22.3 Å². The van der Waals surface area contributed by atoms with Crippen LogP contribution in [0.4, 0.5) is 15.3 Å². The van der Waals surface area contributed by atoms with Gasteiger partial charge in [0.1, 0.15) is 23.7 Å². The predicted molar refractivity (Wildman–Crippen MR) is 256 cm³/mol. The van der Waals surface area contributed by atoms with Crippen molar-refractivity contribution in [3.8, 4) is 11.3 Å². The number of rotatable bonds is 12. The number of hydrogen-bond acceptors (Lipinski definition) is 11. The molecule has 4 aromatic rings. The van der Waals surface area contributed by atoms with E-state index < -0.39 is 24.3 Å². The lowest BCUT2D eigenvalue weighted by molar-refractivity contribution is -0.135. The highest BCUT2D eigenvalue weighted by Crippen LogP contribution is 2.45. The zero-order valence-electron chi connectivity index (χ0n) is 39.2. The Morgan fingerprint density at radius 2 is 1.42 bits per heavy atom. The molecule has 3 fully saturated rings. The highest BCUT2D eigenvalue weighted by Gasteiger charge is 2.43. The first-order valence-electron chi connectivity index (χ1n) is 23.8. The minimum Gasteiger partial charge on any atom is -0.453 e. The molecule has 6 heterocycles. The second-order valence-electron chi connectivity index (χ2n) is 19.0. The summed E-state index contributed by atoms with van der Waals surface area (Å²) in [5, 5.41) is 9.17. The number of aliphatic imine (C=N–C) groups is 1. The second kappa shape index (κ2) is 19.3. The Bertz CT molecular complexity index is 2590. The number of aromatic amines is 1.